The molecule has 0 bridgehead atoms. The molecule has 10 nitrogen and oxygen atoms in total. The average Bonchev–Trinajstić information content (AvgIpc) is 3.04. The maximum absolute atomic E-state index is 11.3. The molecule has 2 aliphatic rings. The Morgan fingerprint density at radius 2 is 2.04 bits per heavy atom. The summed E-state index contributed by atoms with van der Waals surface area (Å²) in [6.07, 6.45) is -1.90. The van der Waals surface area contributed by atoms with Crippen LogP contribution in [0.1, 0.15) is 19.4 Å². The molecule has 0 aliphatic carbocycles. The van der Waals surface area contributed by atoms with Crippen LogP contribution >= 0.6 is 0 Å². The Morgan fingerprint density at radius 3 is 2.67 bits per heavy atom. The minimum absolute atomic E-state index is 0.00767. The predicted molar refractivity (Wildman–Crippen MR) is 92.9 cm³/mol. The highest BCUT2D eigenvalue weighted by atomic mass is 32.2. The van der Waals surface area contributed by atoms with Crippen LogP contribution < -0.4 is 14.6 Å². The molecular formula is C16H21N3O7S. The van der Waals surface area contributed by atoms with Crippen LogP contribution in [0.15, 0.2) is 18.2 Å². The quantitative estimate of drug-likeness (QED) is 0.702. The molecule has 0 amide bonds. The summed E-state index contributed by atoms with van der Waals surface area (Å²) in [5, 5.41) is 14.4. The molecule has 3 N–H and O–H groups in total. The number of benzene rings is 1. The highest BCUT2D eigenvalue weighted by Gasteiger charge is 2.55. The number of nitrogens with one attached hydrogen (secondary N) is 1. The molecule has 0 unspecified atom stereocenters. The molecule has 1 aromatic carbocycles. The van der Waals surface area contributed by atoms with E-state index in [1.807, 2.05) is 6.07 Å². The fourth-order valence-corrected chi connectivity index (χ4v) is 3.62. The van der Waals surface area contributed by atoms with Gasteiger partial charge in [-0.05, 0) is 26.0 Å². The minimum Gasteiger partial charge on any atom is -0.489 e. The Bertz CT molecular complexity index is 852. The van der Waals surface area contributed by atoms with Gasteiger partial charge in [0.25, 0.3) is 10.2 Å². The van der Waals surface area contributed by atoms with Crippen molar-refractivity contribution in [3.8, 4) is 11.8 Å². The van der Waals surface area contributed by atoms with E-state index in [9.17, 15) is 13.7 Å². The molecule has 1 aromatic rings. The molecule has 2 aliphatic heterocycles. The van der Waals surface area contributed by atoms with E-state index >= 15 is 0 Å². The standard InChI is InChI=1S/C16H21N3O7S/c1-16(2)25-13-12(24-15(22-3)14(13)26-16)8-23-11-6-4-5-10(9(11)7-17)19-27(18,20)21/h4-6,12-15,19H,8H2,1-3H3,(H2,18,20,21)/t12-,13-,14-,15-/m1/s1. The lowest BCUT2D eigenvalue weighted by molar-refractivity contribution is -0.229. The van der Waals surface area contributed by atoms with Crippen LogP contribution in [0.2, 0.25) is 0 Å². The first-order valence-corrected chi connectivity index (χ1v) is 9.68. The number of rotatable bonds is 6. The Morgan fingerprint density at radius 1 is 1.33 bits per heavy atom. The molecule has 2 saturated heterocycles. The molecule has 0 radical (unpaired) electrons. The van der Waals surface area contributed by atoms with E-state index < -0.39 is 40.6 Å². The zero-order valence-corrected chi connectivity index (χ0v) is 15.9. The molecule has 27 heavy (non-hydrogen) atoms. The summed E-state index contributed by atoms with van der Waals surface area (Å²) in [6.45, 7) is 3.65. The van der Waals surface area contributed by atoms with Gasteiger partial charge in [0.05, 0.1) is 5.69 Å². The van der Waals surface area contributed by atoms with Crippen LogP contribution in [0.25, 0.3) is 0 Å². The molecule has 0 saturated carbocycles. The smallest absolute Gasteiger partial charge is 0.296 e. The third kappa shape index (κ3) is 4.32. The van der Waals surface area contributed by atoms with Crippen molar-refractivity contribution in [2.45, 2.75) is 44.2 Å². The van der Waals surface area contributed by atoms with Crippen LogP contribution in [0, 0.1) is 11.3 Å². The zero-order chi connectivity index (χ0) is 19.8. The normalized spacial score (nSPS) is 29.1. The number of methoxy groups -OCH3 is 1. The first kappa shape index (κ1) is 19.8. The van der Waals surface area contributed by atoms with Crippen molar-refractivity contribution >= 4 is 15.9 Å². The lowest BCUT2D eigenvalue weighted by atomic mass is 10.1. The molecular weight excluding hydrogens is 378 g/mol. The molecule has 2 heterocycles. The van der Waals surface area contributed by atoms with E-state index in [4.69, 9.17) is 28.8 Å². The van der Waals surface area contributed by atoms with Gasteiger partial charge in [0, 0.05) is 7.11 Å². The fourth-order valence-electron chi connectivity index (χ4n) is 3.14. The molecule has 0 aromatic heterocycles. The summed E-state index contributed by atoms with van der Waals surface area (Å²) in [6, 6.07) is 6.41. The Balaban J connectivity index is 1.75. The summed E-state index contributed by atoms with van der Waals surface area (Å²) in [5.41, 5.74) is 0.0346. The van der Waals surface area contributed by atoms with Gasteiger partial charge >= 0.3 is 0 Å². The predicted octanol–water partition coefficient (Wildman–Crippen LogP) is 0.444. The highest BCUT2D eigenvalue weighted by Crippen LogP contribution is 2.39. The van der Waals surface area contributed by atoms with Gasteiger partial charge < -0.3 is 23.7 Å². The summed E-state index contributed by atoms with van der Waals surface area (Å²) < 4.78 is 53.1. The molecule has 4 atom stereocenters. The number of nitriles is 1. The number of anilines is 1. The van der Waals surface area contributed by atoms with Crippen LogP contribution in [-0.4, -0.2) is 52.5 Å². The molecule has 0 spiro atoms. The summed E-state index contributed by atoms with van der Waals surface area (Å²) in [5.74, 6) is -0.587. The van der Waals surface area contributed by atoms with Gasteiger partial charge in [-0.2, -0.15) is 13.7 Å². The number of hydrogen-bond donors (Lipinski definition) is 2. The zero-order valence-electron chi connectivity index (χ0n) is 15.0. The van der Waals surface area contributed by atoms with Crippen molar-refractivity contribution in [3.63, 3.8) is 0 Å². The van der Waals surface area contributed by atoms with Gasteiger partial charge in [0.2, 0.25) is 0 Å². The van der Waals surface area contributed by atoms with Gasteiger partial charge in [-0.25, -0.2) is 5.14 Å². The molecule has 148 valence electrons. The van der Waals surface area contributed by atoms with Crippen LogP contribution in [0.5, 0.6) is 5.75 Å². The molecule has 3 rings (SSSR count). The molecule has 2 fully saturated rings. The topological polar surface area (TPSA) is 142 Å². The van der Waals surface area contributed by atoms with E-state index in [1.54, 1.807) is 19.9 Å². The van der Waals surface area contributed by atoms with Gasteiger partial charge in [0.1, 0.15) is 42.3 Å². The van der Waals surface area contributed by atoms with Gasteiger partial charge in [0.15, 0.2) is 12.1 Å². The highest BCUT2D eigenvalue weighted by molar-refractivity contribution is 7.90. The third-order valence-corrected chi connectivity index (χ3v) is 4.64. The van der Waals surface area contributed by atoms with Crippen molar-refractivity contribution in [2.24, 2.45) is 5.14 Å². The average molecular weight is 399 g/mol. The van der Waals surface area contributed by atoms with Crippen molar-refractivity contribution in [1.82, 2.24) is 0 Å². The summed E-state index contributed by atoms with van der Waals surface area (Å²) in [7, 11) is -2.52. The summed E-state index contributed by atoms with van der Waals surface area (Å²) in [4.78, 5) is 0. The second kappa shape index (κ2) is 7.23. The number of nitrogens with two attached hydrogens (primary N) is 1. The monoisotopic (exact) mass is 399 g/mol. The second-order valence-corrected chi connectivity index (χ2v) is 7.89. The van der Waals surface area contributed by atoms with E-state index in [2.05, 4.69) is 4.72 Å². The Hall–Kier alpha value is -1.94. The Labute approximate surface area is 157 Å². The first-order chi connectivity index (χ1) is 12.6. The van der Waals surface area contributed by atoms with E-state index in [-0.39, 0.29) is 23.6 Å². The molecule has 11 heteroatoms. The lowest BCUT2D eigenvalue weighted by Crippen LogP contribution is -2.34. The summed E-state index contributed by atoms with van der Waals surface area (Å²) >= 11 is 0. The number of hydrogen-bond acceptors (Lipinski definition) is 8. The maximum atomic E-state index is 11.3. The lowest BCUT2D eigenvalue weighted by Gasteiger charge is -2.23. The van der Waals surface area contributed by atoms with E-state index in [1.165, 1.54) is 19.2 Å². The second-order valence-electron chi connectivity index (χ2n) is 6.59. The van der Waals surface area contributed by atoms with Crippen LogP contribution in [0.3, 0.4) is 0 Å². The van der Waals surface area contributed by atoms with Crippen molar-refractivity contribution in [2.75, 3.05) is 18.4 Å². The fraction of sp³-hybridized carbons (Fsp3) is 0.562. The van der Waals surface area contributed by atoms with E-state index in [0.29, 0.717) is 0 Å². The number of fused-ring (bicyclic) bond motifs is 1. The van der Waals surface area contributed by atoms with Gasteiger partial charge in [-0.3, -0.25) is 4.72 Å². The SMILES string of the molecule is CO[C@@H]1O[C@H](COc2cccc(NS(N)(=O)=O)c2C#N)[C@H]2OC(C)(C)O[C@@H]12. The number of ether oxygens (including phenoxy) is 5. The van der Waals surface area contributed by atoms with Crippen LogP contribution in [-0.2, 0) is 29.2 Å². The number of nitrogens with zero attached hydrogens (tertiary/aromatic N) is 1. The van der Waals surface area contributed by atoms with Crippen LogP contribution in [0.4, 0.5) is 5.69 Å². The van der Waals surface area contributed by atoms with Crippen molar-refractivity contribution in [1.29, 1.82) is 5.26 Å². The van der Waals surface area contributed by atoms with Gasteiger partial charge in [-0.1, -0.05) is 6.07 Å². The van der Waals surface area contributed by atoms with Crippen molar-refractivity contribution < 1.29 is 32.1 Å². The maximum Gasteiger partial charge on any atom is 0.296 e. The third-order valence-electron chi connectivity index (χ3n) is 4.13. The first-order valence-electron chi connectivity index (χ1n) is 8.14. The van der Waals surface area contributed by atoms with Crippen molar-refractivity contribution in [3.05, 3.63) is 23.8 Å². The minimum atomic E-state index is -4.03. The Kier molecular flexibility index (Phi) is 5.31. The van der Waals surface area contributed by atoms with Gasteiger partial charge in [-0.15, -0.1) is 0 Å². The largest absolute Gasteiger partial charge is 0.489 e. The van der Waals surface area contributed by atoms with E-state index in [0.717, 1.165) is 0 Å².